The summed E-state index contributed by atoms with van der Waals surface area (Å²) < 4.78 is 5.38. The van der Waals surface area contributed by atoms with E-state index in [0.29, 0.717) is 31.8 Å². The van der Waals surface area contributed by atoms with Crippen LogP contribution in [0.15, 0.2) is 0 Å². The second-order valence-electron chi connectivity index (χ2n) is 7.15. The van der Waals surface area contributed by atoms with Gasteiger partial charge in [0.15, 0.2) is 0 Å². The van der Waals surface area contributed by atoms with Gasteiger partial charge in [-0.15, -0.1) is 0 Å². The zero-order valence-electron chi connectivity index (χ0n) is 14.8. The van der Waals surface area contributed by atoms with Gasteiger partial charge in [-0.2, -0.15) is 0 Å². The van der Waals surface area contributed by atoms with Crippen molar-refractivity contribution in [3.63, 3.8) is 0 Å². The van der Waals surface area contributed by atoms with Crippen molar-refractivity contribution in [1.29, 1.82) is 0 Å². The number of likely N-dealkylation sites (tertiary alicyclic amines) is 1. The van der Waals surface area contributed by atoms with Crippen LogP contribution in [0.1, 0.15) is 25.7 Å². The van der Waals surface area contributed by atoms with Gasteiger partial charge >= 0.3 is 0 Å². The number of carbonyl (C=O) groups excluding carboxylic acids is 2. The highest BCUT2D eigenvalue weighted by Gasteiger charge is 2.32. The van der Waals surface area contributed by atoms with Gasteiger partial charge in [-0.25, -0.2) is 0 Å². The fourth-order valence-corrected chi connectivity index (χ4v) is 3.37. The molecule has 1 atom stereocenters. The Morgan fingerprint density at radius 3 is 2.57 bits per heavy atom. The van der Waals surface area contributed by atoms with Gasteiger partial charge in [-0.1, -0.05) is 0 Å². The number of amides is 2. The predicted octanol–water partition coefficient (Wildman–Crippen LogP) is 0.672. The Bertz CT molecular complexity index is 408. The lowest BCUT2D eigenvalue weighted by Crippen LogP contribution is -2.48. The average molecular weight is 325 g/mol. The quantitative estimate of drug-likeness (QED) is 0.720. The molecule has 6 nitrogen and oxygen atoms in total. The van der Waals surface area contributed by atoms with Crippen LogP contribution in [0.3, 0.4) is 0 Å². The summed E-state index contributed by atoms with van der Waals surface area (Å²) in [6, 6.07) is 0. The van der Waals surface area contributed by atoms with Gasteiger partial charge in [-0.3, -0.25) is 9.59 Å². The van der Waals surface area contributed by atoms with E-state index in [9.17, 15) is 9.59 Å². The normalized spacial score (nSPS) is 23.4. The van der Waals surface area contributed by atoms with Crippen LogP contribution < -0.4 is 0 Å². The van der Waals surface area contributed by atoms with Crippen LogP contribution in [0.2, 0.25) is 0 Å². The molecular formula is C17H31N3O3. The maximum absolute atomic E-state index is 12.7. The van der Waals surface area contributed by atoms with Gasteiger partial charge in [0.05, 0.1) is 5.92 Å². The lowest BCUT2D eigenvalue weighted by molar-refractivity contribution is -0.143. The molecule has 2 aliphatic rings. The van der Waals surface area contributed by atoms with E-state index in [1.165, 1.54) is 0 Å². The highest BCUT2D eigenvalue weighted by molar-refractivity contribution is 5.83. The van der Waals surface area contributed by atoms with Gasteiger partial charge in [-0.05, 0) is 39.3 Å². The smallest absolute Gasteiger partial charge is 0.227 e. The molecule has 132 valence electrons. The number of ether oxygens (including phenoxy) is 1. The van der Waals surface area contributed by atoms with Gasteiger partial charge in [0.2, 0.25) is 11.8 Å². The van der Waals surface area contributed by atoms with Crippen LogP contribution in [-0.4, -0.2) is 87.0 Å². The van der Waals surface area contributed by atoms with E-state index < -0.39 is 0 Å². The van der Waals surface area contributed by atoms with Gasteiger partial charge in [0.1, 0.15) is 0 Å². The molecule has 0 radical (unpaired) electrons. The second kappa shape index (κ2) is 8.64. The van der Waals surface area contributed by atoms with E-state index >= 15 is 0 Å². The third-order valence-electron chi connectivity index (χ3n) is 4.92. The number of hydrogen-bond donors (Lipinski definition) is 0. The minimum atomic E-state index is -0.0419. The summed E-state index contributed by atoms with van der Waals surface area (Å²) in [5, 5.41) is 0. The minimum absolute atomic E-state index is 0.0419. The Morgan fingerprint density at radius 1 is 1.22 bits per heavy atom. The fourth-order valence-electron chi connectivity index (χ4n) is 3.37. The molecule has 0 unspecified atom stereocenters. The molecule has 2 heterocycles. The van der Waals surface area contributed by atoms with Crippen LogP contribution in [-0.2, 0) is 14.3 Å². The lowest BCUT2D eigenvalue weighted by atomic mass is 9.94. The SMILES string of the molecule is CN(C)CCN1C[C@H](C(=O)N(C)CC2CCOCC2)CCC1=O. The monoisotopic (exact) mass is 325 g/mol. The minimum Gasteiger partial charge on any atom is -0.381 e. The first-order valence-electron chi connectivity index (χ1n) is 8.72. The Balaban J connectivity index is 1.83. The van der Waals surface area contributed by atoms with Crippen LogP contribution in [0.4, 0.5) is 0 Å². The molecule has 0 N–H and O–H groups in total. The first-order chi connectivity index (χ1) is 11.0. The molecule has 0 aromatic carbocycles. The van der Waals surface area contributed by atoms with E-state index in [1.54, 1.807) is 0 Å². The van der Waals surface area contributed by atoms with E-state index in [-0.39, 0.29) is 17.7 Å². The van der Waals surface area contributed by atoms with Crippen molar-refractivity contribution in [2.75, 3.05) is 60.5 Å². The first kappa shape index (κ1) is 18.2. The number of hydrogen-bond acceptors (Lipinski definition) is 4. The number of carbonyl (C=O) groups is 2. The molecule has 0 bridgehead atoms. The molecule has 2 fully saturated rings. The van der Waals surface area contributed by atoms with Gasteiger partial charge in [0.25, 0.3) is 0 Å². The molecule has 0 aromatic rings. The van der Waals surface area contributed by atoms with Crippen molar-refractivity contribution in [2.24, 2.45) is 11.8 Å². The largest absolute Gasteiger partial charge is 0.381 e. The molecule has 0 aliphatic carbocycles. The Morgan fingerprint density at radius 2 is 1.91 bits per heavy atom. The van der Waals surface area contributed by atoms with Crippen LogP contribution in [0.25, 0.3) is 0 Å². The number of likely N-dealkylation sites (N-methyl/N-ethyl adjacent to an activating group) is 1. The number of rotatable bonds is 6. The predicted molar refractivity (Wildman–Crippen MR) is 89.0 cm³/mol. The summed E-state index contributed by atoms with van der Waals surface area (Å²) in [5.41, 5.74) is 0. The zero-order valence-corrected chi connectivity index (χ0v) is 14.8. The maximum atomic E-state index is 12.7. The Kier molecular flexibility index (Phi) is 6.84. The average Bonchev–Trinajstić information content (AvgIpc) is 2.54. The molecule has 2 aliphatic heterocycles. The molecule has 2 rings (SSSR count). The molecule has 0 aromatic heterocycles. The van der Waals surface area contributed by atoms with Crippen molar-refractivity contribution < 1.29 is 14.3 Å². The van der Waals surface area contributed by atoms with E-state index in [2.05, 4.69) is 4.90 Å². The third-order valence-corrected chi connectivity index (χ3v) is 4.92. The highest BCUT2D eigenvalue weighted by Crippen LogP contribution is 2.21. The fraction of sp³-hybridized carbons (Fsp3) is 0.882. The maximum Gasteiger partial charge on any atom is 0.227 e. The Labute approximate surface area is 139 Å². The van der Waals surface area contributed by atoms with Crippen molar-refractivity contribution in [2.45, 2.75) is 25.7 Å². The van der Waals surface area contributed by atoms with E-state index in [1.807, 2.05) is 30.9 Å². The Hall–Kier alpha value is -1.14. The molecule has 0 spiro atoms. The highest BCUT2D eigenvalue weighted by atomic mass is 16.5. The van der Waals surface area contributed by atoms with Crippen LogP contribution in [0, 0.1) is 11.8 Å². The topological polar surface area (TPSA) is 53.1 Å². The first-order valence-corrected chi connectivity index (χ1v) is 8.72. The number of piperidine rings is 1. The standard InChI is InChI=1S/C17H31N3O3/c1-18(2)8-9-20-13-15(4-5-16(20)21)17(22)19(3)12-14-6-10-23-11-7-14/h14-15H,4-13H2,1-3H3/t15-/m1/s1. The summed E-state index contributed by atoms with van der Waals surface area (Å²) in [7, 11) is 5.90. The van der Waals surface area contributed by atoms with Crippen molar-refractivity contribution in [3.05, 3.63) is 0 Å². The van der Waals surface area contributed by atoms with Crippen molar-refractivity contribution in [3.8, 4) is 0 Å². The molecular weight excluding hydrogens is 294 g/mol. The van der Waals surface area contributed by atoms with Crippen molar-refractivity contribution in [1.82, 2.24) is 14.7 Å². The summed E-state index contributed by atoms with van der Waals surface area (Å²) >= 11 is 0. The van der Waals surface area contributed by atoms with Gasteiger partial charge in [0, 0.05) is 52.9 Å². The third kappa shape index (κ3) is 5.46. The molecule has 23 heavy (non-hydrogen) atoms. The molecule has 0 saturated carbocycles. The van der Waals surface area contributed by atoms with E-state index in [0.717, 1.165) is 39.1 Å². The molecule has 6 heteroatoms. The lowest BCUT2D eigenvalue weighted by Gasteiger charge is -2.35. The zero-order chi connectivity index (χ0) is 16.8. The molecule has 2 saturated heterocycles. The summed E-state index contributed by atoms with van der Waals surface area (Å²) in [4.78, 5) is 30.5. The number of nitrogens with zero attached hydrogens (tertiary/aromatic N) is 3. The summed E-state index contributed by atoms with van der Waals surface area (Å²) in [6.45, 7) is 4.55. The second-order valence-corrected chi connectivity index (χ2v) is 7.15. The summed E-state index contributed by atoms with van der Waals surface area (Å²) in [5.74, 6) is 0.884. The van der Waals surface area contributed by atoms with Crippen LogP contribution >= 0.6 is 0 Å². The van der Waals surface area contributed by atoms with Crippen LogP contribution in [0.5, 0.6) is 0 Å². The van der Waals surface area contributed by atoms with Gasteiger partial charge < -0.3 is 19.4 Å². The molecule has 2 amide bonds. The van der Waals surface area contributed by atoms with Crippen molar-refractivity contribution >= 4 is 11.8 Å². The van der Waals surface area contributed by atoms with E-state index in [4.69, 9.17) is 4.74 Å². The summed E-state index contributed by atoms with van der Waals surface area (Å²) in [6.07, 6.45) is 3.26.